The monoisotopic (exact) mass is 251 g/mol. The average Bonchev–Trinajstić information content (AvgIpc) is 2.67. The number of hydrogen-bond acceptors (Lipinski definition) is 3. The van der Waals surface area contributed by atoms with Crippen molar-refractivity contribution in [1.29, 1.82) is 0 Å². The van der Waals surface area contributed by atoms with E-state index in [0.29, 0.717) is 5.69 Å². The van der Waals surface area contributed by atoms with Crippen molar-refractivity contribution in [3.05, 3.63) is 41.6 Å². The van der Waals surface area contributed by atoms with Crippen LogP contribution in [0.5, 0.6) is 0 Å². The highest BCUT2D eigenvalue weighted by atomic mass is 32.2. The Balaban J connectivity index is 2.33. The summed E-state index contributed by atoms with van der Waals surface area (Å²) in [5.41, 5.74) is 2.57. The number of aryl methyl sites for hydroxylation is 2. The van der Waals surface area contributed by atoms with E-state index in [-0.39, 0.29) is 5.03 Å². The van der Waals surface area contributed by atoms with Crippen molar-refractivity contribution >= 4 is 15.7 Å². The van der Waals surface area contributed by atoms with Gasteiger partial charge in [-0.15, -0.1) is 0 Å². The van der Waals surface area contributed by atoms with Crippen LogP contribution in [-0.4, -0.2) is 18.6 Å². The van der Waals surface area contributed by atoms with E-state index in [1.54, 1.807) is 12.1 Å². The van der Waals surface area contributed by atoms with E-state index in [0.717, 1.165) is 11.1 Å². The van der Waals surface area contributed by atoms with E-state index in [2.05, 4.69) is 14.9 Å². The largest absolute Gasteiger partial charge is 0.278 e. The summed E-state index contributed by atoms with van der Waals surface area (Å²) in [5.74, 6) is 0. The van der Waals surface area contributed by atoms with E-state index < -0.39 is 10.0 Å². The highest BCUT2D eigenvalue weighted by molar-refractivity contribution is 7.92. The van der Waals surface area contributed by atoms with Gasteiger partial charge in [0.25, 0.3) is 10.0 Å². The Bertz CT molecular complexity index is 598. The minimum absolute atomic E-state index is 0.0525. The molecule has 0 aliphatic heterocycles. The molecule has 0 radical (unpaired) electrons. The molecule has 5 nitrogen and oxygen atoms in total. The second kappa shape index (κ2) is 4.21. The van der Waals surface area contributed by atoms with Gasteiger partial charge in [0.1, 0.15) is 0 Å². The minimum atomic E-state index is -3.57. The van der Waals surface area contributed by atoms with Crippen LogP contribution in [0.1, 0.15) is 11.1 Å². The zero-order valence-corrected chi connectivity index (χ0v) is 10.4. The maximum atomic E-state index is 11.9. The first-order chi connectivity index (χ1) is 7.97. The van der Waals surface area contributed by atoms with Gasteiger partial charge in [-0.2, -0.15) is 13.5 Å². The van der Waals surface area contributed by atoms with Gasteiger partial charge in [-0.1, -0.05) is 6.07 Å². The number of aromatic amines is 1. The number of aromatic nitrogens is 2. The number of anilines is 1. The van der Waals surface area contributed by atoms with Crippen LogP contribution in [0.4, 0.5) is 5.69 Å². The van der Waals surface area contributed by atoms with Gasteiger partial charge in [-0.3, -0.25) is 9.82 Å². The number of nitrogens with zero attached hydrogens (tertiary/aromatic N) is 1. The summed E-state index contributed by atoms with van der Waals surface area (Å²) < 4.78 is 26.3. The molecule has 17 heavy (non-hydrogen) atoms. The average molecular weight is 251 g/mol. The maximum Gasteiger partial charge on any atom is 0.278 e. The fourth-order valence-corrected chi connectivity index (χ4v) is 2.59. The highest BCUT2D eigenvalue weighted by Crippen LogP contribution is 2.17. The fourth-order valence-electron chi connectivity index (χ4n) is 1.64. The topological polar surface area (TPSA) is 74.8 Å². The molecule has 0 aliphatic rings. The molecule has 0 atom stereocenters. The Kier molecular flexibility index (Phi) is 2.89. The molecule has 6 heteroatoms. The van der Waals surface area contributed by atoms with Crippen molar-refractivity contribution in [3.8, 4) is 0 Å². The van der Waals surface area contributed by atoms with Crippen molar-refractivity contribution in [2.24, 2.45) is 0 Å². The standard InChI is InChI=1S/C11H13N3O2S/c1-8-5-9(2)7-10(6-8)14-17(15,16)11-3-4-12-13-11/h3-7,14H,1-2H3,(H,12,13). The lowest BCUT2D eigenvalue weighted by Gasteiger charge is -2.08. The minimum Gasteiger partial charge on any atom is -0.278 e. The molecule has 0 fully saturated rings. The second-order valence-electron chi connectivity index (χ2n) is 3.90. The van der Waals surface area contributed by atoms with Crippen LogP contribution < -0.4 is 4.72 Å². The normalized spacial score (nSPS) is 11.4. The van der Waals surface area contributed by atoms with E-state index in [4.69, 9.17) is 0 Å². The van der Waals surface area contributed by atoms with Crippen molar-refractivity contribution in [3.63, 3.8) is 0 Å². The van der Waals surface area contributed by atoms with Crippen LogP contribution in [0.2, 0.25) is 0 Å². The number of rotatable bonds is 3. The molecule has 0 aliphatic carbocycles. The van der Waals surface area contributed by atoms with Crippen molar-refractivity contribution in [2.45, 2.75) is 18.9 Å². The van der Waals surface area contributed by atoms with Gasteiger partial charge < -0.3 is 0 Å². The molecule has 2 aromatic rings. The van der Waals surface area contributed by atoms with E-state index >= 15 is 0 Å². The van der Waals surface area contributed by atoms with Crippen LogP contribution >= 0.6 is 0 Å². The zero-order valence-electron chi connectivity index (χ0n) is 9.56. The van der Waals surface area contributed by atoms with E-state index in [1.807, 2.05) is 19.9 Å². The quantitative estimate of drug-likeness (QED) is 0.873. The Morgan fingerprint density at radius 2 is 1.82 bits per heavy atom. The lowest BCUT2D eigenvalue weighted by Crippen LogP contribution is -2.13. The molecule has 0 spiro atoms. The summed E-state index contributed by atoms with van der Waals surface area (Å²) in [4.78, 5) is 0. The molecular weight excluding hydrogens is 238 g/mol. The first-order valence-electron chi connectivity index (χ1n) is 5.08. The molecule has 2 rings (SSSR count). The van der Waals surface area contributed by atoms with E-state index in [9.17, 15) is 8.42 Å². The molecule has 2 N–H and O–H groups in total. The smallest absolute Gasteiger partial charge is 0.278 e. The van der Waals surface area contributed by atoms with Gasteiger partial charge in [0.15, 0.2) is 5.03 Å². The predicted molar refractivity (Wildman–Crippen MR) is 65.3 cm³/mol. The van der Waals surface area contributed by atoms with Gasteiger partial charge in [-0.05, 0) is 43.2 Å². The van der Waals surface area contributed by atoms with Gasteiger partial charge in [0.05, 0.1) is 6.20 Å². The number of sulfonamides is 1. The van der Waals surface area contributed by atoms with Crippen LogP contribution in [-0.2, 0) is 10.0 Å². The van der Waals surface area contributed by atoms with Gasteiger partial charge in [0, 0.05) is 5.69 Å². The third-order valence-corrected chi connectivity index (χ3v) is 3.55. The Morgan fingerprint density at radius 3 is 2.35 bits per heavy atom. The second-order valence-corrected chi connectivity index (χ2v) is 5.55. The van der Waals surface area contributed by atoms with Crippen LogP contribution in [0.25, 0.3) is 0 Å². The molecule has 0 saturated carbocycles. The number of benzene rings is 1. The third kappa shape index (κ3) is 2.65. The van der Waals surface area contributed by atoms with Gasteiger partial charge in [-0.25, -0.2) is 0 Å². The molecule has 1 aromatic heterocycles. The summed E-state index contributed by atoms with van der Waals surface area (Å²) in [6.45, 7) is 3.84. The maximum absolute atomic E-state index is 11.9. The van der Waals surface area contributed by atoms with Crippen molar-refractivity contribution in [1.82, 2.24) is 10.2 Å². The van der Waals surface area contributed by atoms with Crippen LogP contribution in [0.15, 0.2) is 35.5 Å². The van der Waals surface area contributed by atoms with Crippen LogP contribution in [0.3, 0.4) is 0 Å². The van der Waals surface area contributed by atoms with Crippen molar-refractivity contribution < 1.29 is 8.42 Å². The molecule has 0 amide bonds. The molecule has 0 bridgehead atoms. The summed E-state index contributed by atoms with van der Waals surface area (Å²) in [6.07, 6.45) is 1.40. The number of nitrogens with one attached hydrogen (secondary N) is 2. The fraction of sp³-hybridized carbons (Fsp3) is 0.182. The third-order valence-electron chi connectivity index (χ3n) is 2.24. The summed E-state index contributed by atoms with van der Waals surface area (Å²) in [7, 11) is -3.57. The summed E-state index contributed by atoms with van der Waals surface area (Å²) in [5, 5.41) is 6.10. The first kappa shape index (κ1) is 11.7. The Labute approximate surface area is 99.9 Å². The van der Waals surface area contributed by atoms with E-state index in [1.165, 1.54) is 12.3 Å². The zero-order chi connectivity index (χ0) is 12.5. The summed E-state index contributed by atoms with van der Waals surface area (Å²) in [6, 6.07) is 6.95. The van der Waals surface area contributed by atoms with Crippen molar-refractivity contribution in [2.75, 3.05) is 4.72 Å². The number of hydrogen-bond donors (Lipinski definition) is 2. The lowest BCUT2D eigenvalue weighted by atomic mass is 10.1. The lowest BCUT2D eigenvalue weighted by molar-refractivity contribution is 0.597. The highest BCUT2D eigenvalue weighted by Gasteiger charge is 2.15. The predicted octanol–water partition coefficient (Wildman–Crippen LogP) is 1.83. The molecule has 1 heterocycles. The van der Waals surface area contributed by atoms with Gasteiger partial charge >= 0.3 is 0 Å². The Morgan fingerprint density at radius 1 is 1.18 bits per heavy atom. The molecule has 0 unspecified atom stereocenters. The Hall–Kier alpha value is -1.82. The number of H-pyrrole nitrogens is 1. The summed E-state index contributed by atoms with van der Waals surface area (Å²) >= 11 is 0. The first-order valence-corrected chi connectivity index (χ1v) is 6.56. The molecule has 1 aromatic carbocycles. The molecular formula is C11H13N3O2S. The molecule has 90 valence electrons. The van der Waals surface area contributed by atoms with Crippen LogP contribution in [0, 0.1) is 13.8 Å². The van der Waals surface area contributed by atoms with Gasteiger partial charge in [0.2, 0.25) is 0 Å². The molecule has 0 saturated heterocycles. The SMILES string of the molecule is Cc1cc(C)cc(NS(=O)(=O)c2ccn[nH]2)c1.